The number of aryl methyl sites for hydroxylation is 1. The fraction of sp³-hybridized carbons (Fsp3) is 0.333. The zero-order valence-corrected chi connectivity index (χ0v) is 19.1. The van der Waals surface area contributed by atoms with Crippen LogP contribution in [0, 0.1) is 12.7 Å². The van der Waals surface area contributed by atoms with Gasteiger partial charge in [-0.25, -0.2) is 19.3 Å². The van der Waals surface area contributed by atoms with Crippen LogP contribution in [0.25, 0.3) is 22.4 Å². The molecule has 0 spiro atoms. The minimum Gasteiger partial charge on any atom is -0.383 e. The number of anilines is 2. The lowest BCUT2D eigenvalue weighted by Crippen LogP contribution is -2.35. The van der Waals surface area contributed by atoms with Crippen LogP contribution in [0.3, 0.4) is 0 Å². The fourth-order valence-corrected chi connectivity index (χ4v) is 4.66. The minimum atomic E-state index is -0.210. The Hall–Kier alpha value is -3.79. The lowest BCUT2D eigenvalue weighted by molar-refractivity contribution is 0.464. The highest BCUT2D eigenvalue weighted by Gasteiger charge is 2.28. The topological polar surface area (TPSA) is 128 Å². The van der Waals surface area contributed by atoms with Crippen molar-refractivity contribution in [3.8, 4) is 22.4 Å². The highest BCUT2D eigenvalue weighted by atomic mass is 19.1. The lowest BCUT2D eigenvalue weighted by Gasteiger charge is -2.33. The van der Waals surface area contributed by atoms with Gasteiger partial charge in [0.05, 0.1) is 17.5 Å². The van der Waals surface area contributed by atoms with E-state index in [1.165, 1.54) is 12.4 Å². The van der Waals surface area contributed by atoms with Gasteiger partial charge >= 0.3 is 0 Å². The minimum absolute atomic E-state index is 0.210. The molecular weight excluding hydrogens is 433 g/mol. The second kappa shape index (κ2) is 9.22. The SMILES string of the molecule is Cc1cc(-c2cn(CCN)c(C3CCN(c4ncnc(N)c4-c4cn[nH]c4)CC3)n2)ccc1F. The Morgan fingerprint density at radius 1 is 1.18 bits per heavy atom. The van der Waals surface area contributed by atoms with Crippen LogP contribution in [0.4, 0.5) is 16.0 Å². The van der Waals surface area contributed by atoms with Crippen LogP contribution in [0.1, 0.15) is 30.1 Å². The van der Waals surface area contributed by atoms with Crippen molar-refractivity contribution < 1.29 is 4.39 Å². The van der Waals surface area contributed by atoms with Crippen molar-refractivity contribution in [3.63, 3.8) is 0 Å². The number of hydrogen-bond donors (Lipinski definition) is 3. The number of rotatable bonds is 6. The molecule has 1 fully saturated rings. The Balaban J connectivity index is 1.39. The van der Waals surface area contributed by atoms with Gasteiger partial charge in [0, 0.05) is 55.6 Å². The van der Waals surface area contributed by atoms with Gasteiger partial charge < -0.3 is 20.9 Å². The van der Waals surface area contributed by atoms with E-state index >= 15 is 0 Å². The molecule has 5 rings (SSSR count). The number of nitrogen functional groups attached to an aromatic ring is 1. The zero-order valence-electron chi connectivity index (χ0n) is 19.1. The highest BCUT2D eigenvalue weighted by Crippen LogP contribution is 2.36. The summed E-state index contributed by atoms with van der Waals surface area (Å²) in [6.45, 7) is 4.61. The van der Waals surface area contributed by atoms with E-state index in [1.807, 2.05) is 12.3 Å². The molecule has 0 radical (unpaired) electrons. The standard InChI is InChI=1S/C24H28FN9/c1-15-10-17(2-3-19(15)25)20-13-34(9-6-26)23(32-20)16-4-7-33(8-5-16)24-21(18-11-30-31-12-18)22(27)28-14-29-24/h2-3,10-14,16H,4-9,26H2,1H3,(H,30,31)(H2,27,28,29). The molecule has 3 aromatic heterocycles. The van der Waals surface area contributed by atoms with Crippen LogP contribution in [0.15, 0.2) is 43.1 Å². The zero-order chi connectivity index (χ0) is 23.7. The molecule has 1 aliphatic rings. The molecule has 1 aromatic carbocycles. The van der Waals surface area contributed by atoms with Crippen molar-refractivity contribution >= 4 is 11.6 Å². The number of piperidine rings is 1. The first kappa shape index (κ1) is 22.0. The first-order chi connectivity index (χ1) is 16.5. The molecule has 0 saturated carbocycles. The maximum Gasteiger partial charge on any atom is 0.142 e. The summed E-state index contributed by atoms with van der Waals surface area (Å²) in [5.74, 6) is 2.36. The summed E-state index contributed by atoms with van der Waals surface area (Å²) >= 11 is 0. The third-order valence-electron chi connectivity index (χ3n) is 6.43. The summed E-state index contributed by atoms with van der Waals surface area (Å²) in [5.41, 5.74) is 16.1. The molecule has 5 N–H and O–H groups in total. The molecule has 1 saturated heterocycles. The number of aromatic amines is 1. The Morgan fingerprint density at radius 2 is 2.00 bits per heavy atom. The molecule has 4 heterocycles. The number of nitrogens with one attached hydrogen (secondary N) is 1. The number of aromatic nitrogens is 6. The maximum atomic E-state index is 13.8. The smallest absolute Gasteiger partial charge is 0.142 e. The average Bonchev–Trinajstić information content (AvgIpc) is 3.52. The van der Waals surface area contributed by atoms with Gasteiger partial charge in [0.2, 0.25) is 0 Å². The molecule has 10 heteroatoms. The second-order valence-electron chi connectivity index (χ2n) is 8.64. The van der Waals surface area contributed by atoms with Gasteiger partial charge in [-0.3, -0.25) is 5.10 Å². The van der Waals surface area contributed by atoms with Gasteiger partial charge in [-0.15, -0.1) is 0 Å². The van der Waals surface area contributed by atoms with E-state index in [9.17, 15) is 4.39 Å². The van der Waals surface area contributed by atoms with Crippen LogP contribution in [0.2, 0.25) is 0 Å². The molecule has 0 unspecified atom stereocenters. The van der Waals surface area contributed by atoms with E-state index in [0.29, 0.717) is 24.5 Å². The van der Waals surface area contributed by atoms with E-state index in [0.717, 1.165) is 60.0 Å². The van der Waals surface area contributed by atoms with Crippen molar-refractivity contribution in [2.75, 3.05) is 30.3 Å². The molecule has 0 amide bonds. The number of benzene rings is 1. The number of nitrogens with two attached hydrogens (primary N) is 2. The third-order valence-corrected chi connectivity index (χ3v) is 6.43. The quantitative estimate of drug-likeness (QED) is 0.402. The van der Waals surface area contributed by atoms with E-state index in [2.05, 4.69) is 29.6 Å². The first-order valence-electron chi connectivity index (χ1n) is 11.4. The number of hydrogen-bond acceptors (Lipinski definition) is 7. The van der Waals surface area contributed by atoms with Gasteiger partial charge in [0.15, 0.2) is 0 Å². The molecule has 0 aliphatic carbocycles. The fourth-order valence-electron chi connectivity index (χ4n) is 4.66. The largest absolute Gasteiger partial charge is 0.383 e. The van der Waals surface area contributed by atoms with Crippen LogP contribution in [0.5, 0.6) is 0 Å². The number of imidazole rings is 1. The second-order valence-corrected chi connectivity index (χ2v) is 8.64. The Labute approximate surface area is 197 Å². The first-order valence-corrected chi connectivity index (χ1v) is 11.4. The van der Waals surface area contributed by atoms with Crippen molar-refractivity contribution in [1.29, 1.82) is 0 Å². The maximum absolute atomic E-state index is 13.8. The van der Waals surface area contributed by atoms with E-state index in [4.69, 9.17) is 16.5 Å². The number of nitrogens with zero attached hydrogens (tertiary/aromatic N) is 6. The summed E-state index contributed by atoms with van der Waals surface area (Å²) in [5, 5.41) is 6.88. The highest BCUT2D eigenvalue weighted by molar-refractivity contribution is 5.83. The Bertz CT molecular complexity index is 1270. The summed E-state index contributed by atoms with van der Waals surface area (Å²) in [4.78, 5) is 15.9. The van der Waals surface area contributed by atoms with Crippen molar-refractivity contribution in [3.05, 3.63) is 60.3 Å². The van der Waals surface area contributed by atoms with Gasteiger partial charge in [-0.1, -0.05) is 0 Å². The molecule has 9 nitrogen and oxygen atoms in total. The Kier molecular flexibility index (Phi) is 5.97. The third kappa shape index (κ3) is 4.12. The summed E-state index contributed by atoms with van der Waals surface area (Å²) in [7, 11) is 0. The summed E-state index contributed by atoms with van der Waals surface area (Å²) in [6.07, 6.45) is 8.90. The average molecular weight is 462 g/mol. The number of halogens is 1. The van der Waals surface area contributed by atoms with Crippen LogP contribution in [-0.2, 0) is 6.54 Å². The predicted octanol–water partition coefficient (Wildman–Crippen LogP) is 3.10. The molecular formula is C24H28FN9. The Morgan fingerprint density at radius 3 is 2.71 bits per heavy atom. The van der Waals surface area contributed by atoms with Gasteiger partial charge in [0.1, 0.15) is 29.6 Å². The normalized spacial score (nSPS) is 14.6. The van der Waals surface area contributed by atoms with Gasteiger partial charge in [0.25, 0.3) is 0 Å². The summed E-state index contributed by atoms with van der Waals surface area (Å²) in [6, 6.07) is 5.12. The van der Waals surface area contributed by atoms with Gasteiger partial charge in [-0.2, -0.15) is 5.10 Å². The number of H-pyrrole nitrogens is 1. The monoisotopic (exact) mass is 461 g/mol. The molecule has 1 aliphatic heterocycles. The summed E-state index contributed by atoms with van der Waals surface area (Å²) < 4.78 is 15.9. The molecule has 34 heavy (non-hydrogen) atoms. The molecule has 0 atom stereocenters. The van der Waals surface area contributed by atoms with Crippen LogP contribution in [-0.4, -0.2) is 49.4 Å². The van der Waals surface area contributed by atoms with Crippen molar-refractivity contribution in [1.82, 2.24) is 29.7 Å². The van der Waals surface area contributed by atoms with Crippen LogP contribution < -0.4 is 16.4 Å². The van der Waals surface area contributed by atoms with Crippen molar-refractivity contribution in [2.45, 2.75) is 32.2 Å². The van der Waals surface area contributed by atoms with E-state index < -0.39 is 0 Å². The van der Waals surface area contributed by atoms with E-state index in [1.54, 1.807) is 25.4 Å². The lowest BCUT2D eigenvalue weighted by atomic mass is 9.95. The molecule has 4 aromatic rings. The predicted molar refractivity (Wildman–Crippen MR) is 130 cm³/mol. The van der Waals surface area contributed by atoms with Gasteiger partial charge in [-0.05, 0) is 43.5 Å². The molecule has 176 valence electrons. The van der Waals surface area contributed by atoms with E-state index in [-0.39, 0.29) is 11.7 Å². The van der Waals surface area contributed by atoms with Crippen molar-refractivity contribution in [2.24, 2.45) is 5.73 Å². The molecule has 0 bridgehead atoms. The van der Waals surface area contributed by atoms with Crippen LogP contribution >= 0.6 is 0 Å².